The minimum atomic E-state index is -0.0211. The number of benzene rings is 2. The first-order chi connectivity index (χ1) is 13.2. The van der Waals surface area contributed by atoms with Crippen molar-refractivity contribution < 1.29 is 9.53 Å². The number of urea groups is 1. The quantitative estimate of drug-likeness (QED) is 0.817. The van der Waals surface area contributed by atoms with Gasteiger partial charge in [0.15, 0.2) is 0 Å². The molecule has 0 aliphatic carbocycles. The van der Waals surface area contributed by atoms with Crippen LogP contribution in [0.4, 0.5) is 10.5 Å². The number of nitrogens with one attached hydrogen (secondary N) is 1. The summed E-state index contributed by atoms with van der Waals surface area (Å²) in [5.74, 6) is 0. The van der Waals surface area contributed by atoms with Crippen LogP contribution in [0, 0.1) is 0 Å². The third-order valence-corrected chi connectivity index (χ3v) is 5.02. The Kier molecular flexibility index (Phi) is 6.96. The molecule has 0 aromatic heterocycles. The highest BCUT2D eigenvalue weighted by molar-refractivity contribution is 6.33. The molecule has 1 N–H and O–H groups in total. The Bertz CT molecular complexity index is 743. The molecule has 0 radical (unpaired) electrons. The minimum Gasteiger partial charge on any atom is -0.377 e. The summed E-state index contributed by atoms with van der Waals surface area (Å²) < 4.78 is 5.40. The molecule has 0 saturated carbocycles. The van der Waals surface area contributed by atoms with Crippen molar-refractivity contribution >= 4 is 23.3 Å². The third-order valence-electron chi connectivity index (χ3n) is 4.70. The molecule has 0 unspecified atom stereocenters. The number of rotatable bonds is 6. The van der Waals surface area contributed by atoms with Gasteiger partial charge >= 0.3 is 6.03 Å². The molecular weight excluding hydrogens is 362 g/mol. The number of hydrogen-bond acceptors (Lipinski definition) is 3. The second-order valence-electron chi connectivity index (χ2n) is 6.54. The fourth-order valence-corrected chi connectivity index (χ4v) is 3.38. The standard InChI is InChI=1S/C21H26ClN3O2/c1-2-27-16-18-9-7-17(8-10-18)15-23-21(26)25-13-11-24(12-14-25)20-6-4-3-5-19(20)22/h3-10H,2,11-16H2,1H3,(H,23,26). The lowest BCUT2D eigenvalue weighted by Gasteiger charge is -2.36. The van der Waals surface area contributed by atoms with Gasteiger partial charge in [-0.3, -0.25) is 0 Å². The van der Waals surface area contributed by atoms with Gasteiger partial charge < -0.3 is 19.9 Å². The van der Waals surface area contributed by atoms with Crippen LogP contribution in [0.5, 0.6) is 0 Å². The Morgan fingerprint density at radius 2 is 1.70 bits per heavy atom. The number of para-hydroxylation sites is 1. The number of amides is 2. The molecule has 1 heterocycles. The van der Waals surface area contributed by atoms with Crippen LogP contribution in [0.1, 0.15) is 18.1 Å². The molecule has 6 heteroatoms. The van der Waals surface area contributed by atoms with E-state index in [0.717, 1.165) is 34.9 Å². The summed E-state index contributed by atoms with van der Waals surface area (Å²) in [5.41, 5.74) is 3.26. The Morgan fingerprint density at radius 1 is 1.04 bits per heavy atom. The molecule has 2 amide bonds. The van der Waals surface area contributed by atoms with Gasteiger partial charge in [-0.1, -0.05) is 48.0 Å². The van der Waals surface area contributed by atoms with Crippen molar-refractivity contribution in [3.05, 3.63) is 64.7 Å². The lowest BCUT2D eigenvalue weighted by Crippen LogP contribution is -2.51. The summed E-state index contributed by atoms with van der Waals surface area (Å²) in [6.07, 6.45) is 0. The lowest BCUT2D eigenvalue weighted by atomic mass is 10.1. The van der Waals surface area contributed by atoms with E-state index in [0.29, 0.717) is 32.8 Å². The highest BCUT2D eigenvalue weighted by atomic mass is 35.5. The fraction of sp³-hybridized carbons (Fsp3) is 0.381. The number of carbonyl (C=O) groups excluding carboxylic acids is 1. The summed E-state index contributed by atoms with van der Waals surface area (Å²) in [6.45, 7) is 6.78. The van der Waals surface area contributed by atoms with Crippen molar-refractivity contribution in [3.63, 3.8) is 0 Å². The van der Waals surface area contributed by atoms with Gasteiger partial charge in [0.1, 0.15) is 0 Å². The lowest BCUT2D eigenvalue weighted by molar-refractivity contribution is 0.134. The third kappa shape index (κ3) is 5.37. The van der Waals surface area contributed by atoms with Gasteiger partial charge in [-0.15, -0.1) is 0 Å². The Labute approximate surface area is 165 Å². The fourth-order valence-electron chi connectivity index (χ4n) is 3.12. The van der Waals surface area contributed by atoms with E-state index in [1.165, 1.54) is 0 Å². The van der Waals surface area contributed by atoms with Crippen LogP contribution >= 0.6 is 11.6 Å². The summed E-state index contributed by atoms with van der Waals surface area (Å²) in [5, 5.41) is 3.76. The number of ether oxygens (including phenoxy) is 1. The highest BCUT2D eigenvalue weighted by Gasteiger charge is 2.22. The topological polar surface area (TPSA) is 44.8 Å². The Balaban J connectivity index is 1.45. The summed E-state index contributed by atoms with van der Waals surface area (Å²) >= 11 is 6.27. The zero-order valence-corrected chi connectivity index (χ0v) is 16.4. The van der Waals surface area contributed by atoms with Crippen LogP contribution in [-0.4, -0.2) is 43.7 Å². The minimum absolute atomic E-state index is 0.0211. The first kappa shape index (κ1) is 19.5. The highest BCUT2D eigenvalue weighted by Crippen LogP contribution is 2.26. The molecule has 1 saturated heterocycles. The molecule has 2 aromatic carbocycles. The molecule has 0 bridgehead atoms. The van der Waals surface area contributed by atoms with Crippen LogP contribution in [0.3, 0.4) is 0 Å². The van der Waals surface area contributed by atoms with Crippen LogP contribution in [0.2, 0.25) is 5.02 Å². The second kappa shape index (κ2) is 9.62. The first-order valence-electron chi connectivity index (χ1n) is 9.35. The van der Waals surface area contributed by atoms with Crippen LogP contribution in [0.15, 0.2) is 48.5 Å². The van der Waals surface area contributed by atoms with Gasteiger partial charge in [0, 0.05) is 39.3 Å². The molecular formula is C21H26ClN3O2. The average Bonchev–Trinajstić information content (AvgIpc) is 2.72. The molecule has 2 aromatic rings. The van der Waals surface area contributed by atoms with Crippen LogP contribution in [0.25, 0.3) is 0 Å². The van der Waals surface area contributed by atoms with Crippen molar-refractivity contribution in [2.24, 2.45) is 0 Å². The maximum Gasteiger partial charge on any atom is 0.317 e. The predicted molar refractivity (Wildman–Crippen MR) is 109 cm³/mol. The molecule has 1 fully saturated rings. The number of anilines is 1. The van der Waals surface area contributed by atoms with Gasteiger partial charge in [-0.2, -0.15) is 0 Å². The van der Waals surface area contributed by atoms with Gasteiger partial charge in [-0.25, -0.2) is 4.79 Å². The maximum absolute atomic E-state index is 12.4. The zero-order chi connectivity index (χ0) is 19.1. The molecule has 0 spiro atoms. The van der Waals surface area contributed by atoms with E-state index in [1.807, 2.05) is 60.4 Å². The normalized spacial score (nSPS) is 14.3. The van der Waals surface area contributed by atoms with Crippen molar-refractivity contribution in [2.45, 2.75) is 20.1 Å². The van der Waals surface area contributed by atoms with Crippen LogP contribution in [-0.2, 0) is 17.9 Å². The van der Waals surface area contributed by atoms with E-state index in [-0.39, 0.29) is 6.03 Å². The van der Waals surface area contributed by atoms with Gasteiger partial charge in [0.05, 0.1) is 17.3 Å². The second-order valence-corrected chi connectivity index (χ2v) is 6.95. The number of hydrogen-bond donors (Lipinski definition) is 1. The number of carbonyl (C=O) groups is 1. The molecule has 5 nitrogen and oxygen atoms in total. The molecule has 144 valence electrons. The van der Waals surface area contributed by atoms with Gasteiger partial charge in [0.2, 0.25) is 0 Å². The molecule has 1 aliphatic heterocycles. The Morgan fingerprint density at radius 3 is 2.37 bits per heavy atom. The number of piperazine rings is 1. The van der Waals surface area contributed by atoms with E-state index in [9.17, 15) is 4.79 Å². The summed E-state index contributed by atoms with van der Waals surface area (Å²) in [4.78, 5) is 16.5. The van der Waals surface area contributed by atoms with E-state index < -0.39 is 0 Å². The molecule has 1 aliphatic rings. The average molecular weight is 388 g/mol. The number of nitrogens with zero attached hydrogens (tertiary/aromatic N) is 2. The summed E-state index contributed by atoms with van der Waals surface area (Å²) in [6, 6.07) is 16.0. The van der Waals surface area contributed by atoms with Gasteiger partial charge in [0.25, 0.3) is 0 Å². The zero-order valence-electron chi connectivity index (χ0n) is 15.7. The van der Waals surface area contributed by atoms with Gasteiger partial charge in [-0.05, 0) is 30.2 Å². The maximum atomic E-state index is 12.4. The summed E-state index contributed by atoms with van der Waals surface area (Å²) in [7, 11) is 0. The molecule has 0 atom stereocenters. The van der Waals surface area contributed by atoms with Crippen molar-refractivity contribution in [3.8, 4) is 0 Å². The van der Waals surface area contributed by atoms with Crippen molar-refractivity contribution in [1.82, 2.24) is 10.2 Å². The van der Waals surface area contributed by atoms with Crippen molar-refractivity contribution in [2.75, 3.05) is 37.7 Å². The van der Waals surface area contributed by atoms with Crippen LogP contribution < -0.4 is 10.2 Å². The van der Waals surface area contributed by atoms with E-state index in [1.54, 1.807) is 0 Å². The van der Waals surface area contributed by atoms with E-state index in [2.05, 4.69) is 10.2 Å². The van der Waals surface area contributed by atoms with E-state index in [4.69, 9.17) is 16.3 Å². The van der Waals surface area contributed by atoms with Crippen molar-refractivity contribution in [1.29, 1.82) is 0 Å². The predicted octanol–water partition coefficient (Wildman–Crippen LogP) is 3.91. The largest absolute Gasteiger partial charge is 0.377 e. The monoisotopic (exact) mass is 387 g/mol. The first-order valence-corrected chi connectivity index (χ1v) is 9.73. The molecule has 27 heavy (non-hydrogen) atoms. The smallest absolute Gasteiger partial charge is 0.317 e. The number of halogens is 1. The Hall–Kier alpha value is -2.24. The SMILES string of the molecule is CCOCc1ccc(CNC(=O)N2CCN(c3ccccc3Cl)CC2)cc1. The van der Waals surface area contributed by atoms with E-state index >= 15 is 0 Å². The molecule has 3 rings (SSSR count).